The number of benzene rings is 1. The molecule has 1 heterocycles. The highest BCUT2D eigenvalue weighted by Crippen LogP contribution is 2.09. The molecule has 1 amide bonds. The molecule has 5 heteroatoms. The minimum absolute atomic E-state index is 0.268. The fourth-order valence-electron chi connectivity index (χ4n) is 1.63. The summed E-state index contributed by atoms with van der Waals surface area (Å²) in [6.45, 7) is 0.274. The number of hydrogen-bond donors (Lipinski definition) is 1. The summed E-state index contributed by atoms with van der Waals surface area (Å²) in [5.41, 5.74) is 0.815. The van der Waals surface area contributed by atoms with Gasteiger partial charge in [-0.15, -0.1) is 0 Å². The second-order valence-electron chi connectivity index (χ2n) is 3.98. The van der Waals surface area contributed by atoms with Crippen molar-refractivity contribution in [3.8, 4) is 0 Å². The third kappa shape index (κ3) is 3.58. The van der Waals surface area contributed by atoms with Crippen LogP contribution in [0.1, 0.15) is 15.9 Å². The molecule has 1 aromatic carbocycles. The lowest BCUT2D eigenvalue weighted by Gasteiger charge is -2.06. The van der Waals surface area contributed by atoms with Gasteiger partial charge in [0.1, 0.15) is 11.6 Å². The average molecular weight is 262 g/mol. The number of halogens is 2. The first-order chi connectivity index (χ1) is 9.16. The molecule has 3 nitrogen and oxygen atoms in total. The minimum atomic E-state index is -0.611. The molecule has 1 N–H and O–H groups in total. The van der Waals surface area contributed by atoms with E-state index in [9.17, 15) is 13.6 Å². The number of carbonyl (C=O) groups is 1. The van der Waals surface area contributed by atoms with E-state index in [1.807, 2.05) is 0 Å². The van der Waals surface area contributed by atoms with Crippen LogP contribution in [-0.4, -0.2) is 17.4 Å². The maximum atomic E-state index is 13.3. The third-order valence-electron chi connectivity index (χ3n) is 2.62. The maximum absolute atomic E-state index is 13.3. The Morgan fingerprint density at radius 2 is 2.11 bits per heavy atom. The number of nitrogens with one attached hydrogen (secondary N) is 1. The first-order valence-electron chi connectivity index (χ1n) is 5.79. The molecule has 0 aliphatic carbocycles. The van der Waals surface area contributed by atoms with Crippen LogP contribution in [-0.2, 0) is 6.42 Å². The van der Waals surface area contributed by atoms with Gasteiger partial charge in [-0.05, 0) is 30.2 Å². The van der Waals surface area contributed by atoms with Crippen LogP contribution in [0.15, 0.2) is 42.7 Å². The monoisotopic (exact) mass is 262 g/mol. The van der Waals surface area contributed by atoms with E-state index in [1.54, 1.807) is 18.3 Å². The Morgan fingerprint density at radius 1 is 1.26 bits per heavy atom. The van der Waals surface area contributed by atoms with Gasteiger partial charge in [0.05, 0.1) is 5.56 Å². The predicted molar refractivity (Wildman–Crippen MR) is 66.6 cm³/mol. The highest BCUT2D eigenvalue weighted by Gasteiger charge is 2.06. The topological polar surface area (TPSA) is 42.0 Å². The Kier molecular flexibility index (Phi) is 4.18. The summed E-state index contributed by atoms with van der Waals surface area (Å²) in [6.07, 6.45) is 3.33. The first-order valence-corrected chi connectivity index (χ1v) is 5.79. The number of pyridine rings is 1. The lowest BCUT2D eigenvalue weighted by atomic mass is 10.1. The average Bonchev–Trinajstić information content (AvgIpc) is 2.42. The number of amides is 1. The Labute approximate surface area is 109 Å². The van der Waals surface area contributed by atoms with Crippen LogP contribution >= 0.6 is 0 Å². The Bertz CT molecular complexity index is 573. The third-order valence-corrected chi connectivity index (χ3v) is 2.62. The van der Waals surface area contributed by atoms with E-state index in [0.29, 0.717) is 17.5 Å². The minimum Gasteiger partial charge on any atom is -0.352 e. The zero-order valence-electron chi connectivity index (χ0n) is 10.1. The van der Waals surface area contributed by atoms with Gasteiger partial charge < -0.3 is 5.32 Å². The molecular formula is C14H12F2N2O. The highest BCUT2D eigenvalue weighted by atomic mass is 19.1. The molecule has 1 aromatic heterocycles. The van der Waals surface area contributed by atoms with Crippen molar-refractivity contribution in [2.45, 2.75) is 6.42 Å². The Morgan fingerprint density at radius 3 is 2.79 bits per heavy atom. The van der Waals surface area contributed by atoms with Gasteiger partial charge in [0.25, 0.3) is 5.91 Å². The second kappa shape index (κ2) is 6.04. The summed E-state index contributed by atoms with van der Waals surface area (Å²) >= 11 is 0. The summed E-state index contributed by atoms with van der Waals surface area (Å²) in [5.74, 6) is -1.48. The standard InChI is InChI=1S/C14H12F2N2O/c15-12-4-3-10(13(16)8-12)5-7-18-14(19)11-2-1-6-17-9-11/h1-4,6,8-9H,5,7H2,(H,18,19). The van der Waals surface area contributed by atoms with E-state index < -0.39 is 11.6 Å². The van der Waals surface area contributed by atoms with E-state index in [0.717, 1.165) is 6.07 Å². The van der Waals surface area contributed by atoms with Crippen molar-refractivity contribution in [1.29, 1.82) is 0 Å². The number of nitrogens with zero attached hydrogens (tertiary/aromatic N) is 1. The molecule has 0 saturated carbocycles. The van der Waals surface area contributed by atoms with Crippen molar-refractivity contribution in [2.24, 2.45) is 0 Å². The van der Waals surface area contributed by atoms with Crippen LogP contribution in [0, 0.1) is 11.6 Å². The van der Waals surface area contributed by atoms with Gasteiger partial charge in [-0.25, -0.2) is 8.78 Å². The smallest absolute Gasteiger partial charge is 0.252 e. The normalized spacial score (nSPS) is 10.2. The molecule has 0 unspecified atom stereocenters. The summed E-state index contributed by atoms with van der Waals surface area (Å²) in [5, 5.41) is 2.65. The summed E-state index contributed by atoms with van der Waals surface area (Å²) in [4.78, 5) is 15.5. The molecule has 2 aromatic rings. The summed E-state index contributed by atoms with van der Waals surface area (Å²) in [6, 6.07) is 6.70. The van der Waals surface area contributed by atoms with Crippen molar-refractivity contribution in [1.82, 2.24) is 10.3 Å². The van der Waals surface area contributed by atoms with Crippen molar-refractivity contribution in [3.05, 3.63) is 65.5 Å². The van der Waals surface area contributed by atoms with Gasteiger partial charge in [0.2, 0.25) is 0 Å². The van der Waals surface area contributed by atoms with E-state index >= 15 is 0 Å². The molecule has 0 saturated heterocycles. The Balaban J connectivity index is 1.88. The molecule has 0 atom stereocenters. The van der Waals surface area contributed by atoms with Gasteiger partial charge in [-0.3, -0.25) is 9.78 Å². The van der Waals surface area contributed by atoms with Gasteiger partial charge in [-0.1, -0.05) is 6.07 Å². The van der Waals surface area contributed by atoms with Crippen molar-refractivity contribution >= 4 is 5.91 Å². The van der Waals surface area contributed by atoms with Gasteiger partial charge in [-0.2, -0.15) is 0 Å². The van der Waals surface area contributed by atoms with Crippen LogP contribution in [0.2, 0.25) is 0 Å². The van der Waals surface area contributed by atoms with Crippen molar-refractivity contribution < 1.29 is 13.6 Å². The van der Waals surface area contributed by atoms with E-state index in [1.165, 1.54) is 18.3 Å². The fourth-order valence-corrected chi connectivity index (χ4v) is 1.63. The largest absolute Gasteiger partial charge is 0.352 e. The molecular weight excluding hydrogens is 250 g/mol. The number of carbonyl (C=O) groups excluding carboxylic acids is 1. The van der Waals surface area contributed by atoms with E-state index in [-0.39, 0.29) is 12.5 Å². The van der Waals surface area contributed by atoms with Crippen molar-refractivity contribution in [3.63, 3.8) is 0 Å². The van der Waals surface area contributed by atoms with Crippen LogP contribution in [0.3, 0.4) is 0 Å². The zero-order chi connectivity index (χ0) is 13.7. The van der Waals surface area contributed by atoms with Gasteiger partial charge in [0.15, 0.2) is 0 Å². The van der Waals surface area contributed by atoms with Crippen molar-refractivity contribution in [2.75, 3.05) is 6.54 Å². The fraction of sp³-hybridized carbons (Fsp3) is 0.143. The second-order valence-corrected chi connectivity index (χ2v) is 3.98. The molecule has 0 bridgehead atoms. The molecule has 0 aliphatic rings. The molecule has 0 fully saturated rings. The number of rotatable bonds is 4. The number of aromatic nitrogens is 1. The van der Waals surface area contributed by atoms with Gasteiger partial charge >= 0.3 is 0 Å². The molecule has 98 valence electrons. The van der Waals surface area contributed by atoms with Crippen LogP contribution in [0.5, 0.6) is 0 Å². The maximum Gasteiger partial charge on any atom is 0.252 e. The highest BCUT2D eigenvalue weighted by molar-refractivity contribution is 5.93. The predicted octanol–water partition coefficient (Wildman–Crippen LogP) is 2.33. The molecule has 0 spiro atoms. The Hall–Kier alpha value is -2.30. The van der Waals surface area contributed by atoms with Crippen LogP contribution < -0.4 is 5.32 Å². The molecule has 0 aliphatic heterocycles. The lowest BCUT2D eigenvalue weighted by molar-refractivity contribution is 0.0953. The first kappa shape index (κ1) is 13.1. The molecule has 2 rings (SSSR count). The van der Waals surface area contributed by atoms with E-state index in [4.69, 9.17) is 0 Å². The quantitative estimate of drug-likeness (QED) is 0.918. The molecule has 0 radical (unpaired) electrons. The SMILES string of the molecule is O=C(NCCc1ccc(F)cc1F)c1cccnc1. The summed E-state index contributed by atoms with van der Waals surface area (Å²) < 4.78 is 26.0. The number of hydrogen-bond acceptors (Lipinski definition) is 2. The zero-order valence-corrected chi connectivity index (χ0v) is 10.1. The van der Waals surface area contributed by atoms with Crippen LogP contribution in [0.25, 0.3) is 0 Å². The van der Waals surface area contributed by atoms with Crippen LogP contribution in [0.4, 0.5) is 8.78 Å². The molecule has 19 heavy (non-hydrogen) atoms. The van der Waals surface area contributed by atoms with E-state index in [2.05, 4.69) is 10.3 Å². The summed E-state index contributed by atoms with van der Waals surface area (Å²) in [7, 11) is 0. The van der Waals surface area contributed by atoms with Gasteiger partial charge in [0, 0.05) is 25.0 Å². The lowest BCUT2D eigenvalue weighted by Crippen LogP contribution is -2.25.